The summed E-state index contributed by atoms with van der Waals surface area (Å²) in [5, 5.41) is 5.42. The highest BCUT2D eigenvalue weighted by Crippen LogP contribution is 2.32. The van der Waals surface area contributed by atoms with Crippen LogP contribution in [-0.4, -0.2) is 10.9 Å². The topological polar surface area (TPSA) is 54.0 Å². The predicted octanol–water partition coefficient (Wildman–Crippen LogP) is 5.10. The lowest BCUT2D eigenvalue weighted by atomic mass is 10.1. The molecule has 0 spiro atoms. The van der Waals surface area contributed by atoms with Gasteiger partial charge in [-0.25, -0.2) is 4.39 Å². The average molecular weight is 389 g/mol. The maximum absolute atomic E-state index is 13.5. The molecule has 2 aromatic carbocycles. The Morgan fingerprint density at radius 2 is 1.71 bits per heavy atom. The van der Waals surface area contributed by atoms with E-state index in [1.165, 1.54) is 6.07 Å². The Hall–Kier alpha value is -3.42. The van der Waals surface area contributed by atoms with Crippen LogP contribution in [0.5, 0.6) is 0 Å². The number of amides is 1. The number of benzene rings is 2. The quantitative estimate of drug-likeness (QED) is 0.597. The Labute approximate surface area is 158 Å². The standard InChI is InChI=1S/C20H15F4N3O/c21-15-9-14(20(22,23)24)10-16(11-15)27-19(28)17-3-1-2-4-18(17)26-12-13-5-7-25-8-6-13/h1-11,26H,12H2,(H,27,28). The monoisotopic (exact) mass is 389 g/mol. The van der Waals surface area contributed by atoms with Crippen molar-refractivity contribution in [1.29, 1.82) is 0 Å². The number of nitrogens with one attached hydrogen (secondary N) is 2. The second kappa shape index (κ2) is 8.08. The van der Waals surface area contributed by atoms with Crippen LogP contribution in [0.15, 0.2) is 67.0 Å². The largest absolute Gasteiger partial charge is 0.416 e. The van der Waals surface area contributed by atoms with Gasteiger partial charge in [-0.05, 0) is 48.0 Å². The molecule has 0 unspecified atom stereocenters. The van der Waals surface area contributed by atoms with Crippen LogP contribution in [0.3, 0.4) is 0 Å². The highest BCUT2D eigenvalue weighted by Gasteiger charge is 2.31. The third kappa shape index (κ3) is 4.85. The summed E-state index contributed by atoms with van der Waals surface area (Å²) in [6.07, 6.45) is -1.44. The number of hydrogen-bond donors (Lipinski definition) is 2. The van der Waals surface area contributed by atoms with E-state index in [0.717, 1.165) is 11.6 Å². The summed E-state index contributed by atoms with van der Waals surface area (Å²) in [5.74, 6) is -1.74. The third-order valence-corrected chi connectivity index (χ3v) is 3.89. The number of aromatic nitrogens is 1. The number of carbonyl (C=O) groups excluding carboxylic acids is 1. The summed E-state index contributed by atoms with van der Waals surface area (Å²) >= 11 is 0. The van der Waals surface area contributed by atoms with Crippen molar-refractivity contribution in [3.63, 3.8) is 0 Å². The van der Waals surface area contributed by atoms with Gasteiger partial charge in [0.2, 0.25) is 0 Å². The average Bonchev–Trinajstić information content (AvgIpc) is 2.66. The lowest BCUT2D eigenvalue weighted by molar-refractivity contribution is -0.137. The highest BCUT2D eigenvalue weighted by atomic mass is 19.4. The van der Waals surface area contributed by atoms with E-state index >= 15 is 0 Å². The van der Waals surface area contributed by atoms with Crippen molar-refractivity contribution >= 4 is 17.3 Å². The number of halogens is 4. The molecule has 0 aliphatic carbocycles. The predicted molar refractivity (Wildman–Crippen MR) is 97.4 cm³/mol. The van der Waals surface area contributed by atoms with Crippen LogP contribution in [0.25, 0.3) is 0 Å². The van der Waals surface area contributed by atoms with E-state index in [0.29, 0.717) is 24.4 Å². The van der Waals surface area contributed by atoms with Gasteiger partial charge >= 0.3 is 6.18 Å². The van der Waals surface area contributed by atoms with E-state index in [9.17, 15) is 22.4 Å². The lowest BCUT2D eigenvalue weighted by Gasteiger charge is -2.14. The molecular formula is C20H15F4N3O. The van der Waals surface area contributed by atoms with Gasteiger partial charge < -0.3 is 10.6 Å². The van der Waals surface area contributed by atoms with E-state index in [-0.39, 0.29) is 11.3 Å². The van der Waals surface area contributed by atoms with Crippen molar-refractivity contribution in [1.82, 2.24) is 4.98 Å². The minimum Gasteiger partial charge on any atom is -0.380 e. The molecule has 0 saturated heterocycles. The van der Waals surface area contributed by atoms with Crippen LogP contribution in [-0.2, 0) is 12.7 Å². The first-order valence-electron chi connectivity index (χ1n) is 8.24. The Morgan fingerprint density at radius 3 is 2.43 bits per heavy atom. The smallest absolute Gasteiger partial charge is 0.380 e. The molecular weight excluding hydrogens is 374 g/mol. The number of anilines is 2. The fourth-order valence-electron chi connectivity index (χ4n) is 2.56. The number of alkyl halides is 3. The van der Waals surface area contributed by atoms with Crippen LogP contribution in [0.4, 0.5) is 28.9 Å². The fourth-order valence-corrected chi connectivity index (χ4v) is 2.56. The number of pyridine rings is 1. The summed E-state index contributed by atoms with van der Waals surface area (Å²) in [4.78, 5) is 16.5. The number of rotatable bonds is 5. The molecule has 28 heavy (non-hydrogen) atoms. The first-order valence-corrected chi connectivity index (χ1v) is 8.24. The SMILES string of the molecule is O=C(Nc1cc(F)cc(C(F)(F)F)c1)c1ccccc1NCc1ccncc1. The Bertz CT molecular complexity index is 975. The van der Waals surface area contributed by atoms with Crippen LogP contribution < -0.4 is 10.6 Å². The maximum atomic E-state index is 13.5. The summed E-state index contributed by atoms with van der Waals surface area (Å²) in [5.41, 5.74) is 0.192. The second-order valence-electron chi connectivity index (χ2n) is 5.94. The van der Waals surface area contributed by atoms with Crippen molar-refractivity contribution in [2.24, 2.45) is 0 Å². The summed E-state index contributed by atoms with van der Waals surface area (Å²) < 4.78 is 52.1. The molecule has 1 aromatic heterocycles. The molecule has 1 amide bonds. The number of hydrogen-bond acceptors (Lipinski definition) is 3. The van der Waals surface area contributed by atoms with Crippen LogP contribution in [0.2, 0.25) is 0 Å². The van der Waals surface area contributed by atoms with Gasteiger partial charge in [0.15, 0.2) is 0 Å². The molecule has 0 radical (unpaired) electrons. The van der Waals surface area contributed by atoms with Gasteiger partial charge in [0.25, 0.3) is 5.91 Å². The van der Waals surface area contributed by atoms with Crippen LogP contribution in [0, 0.1) is 5.82 Å². The number of carbonyl (C=O) groups is 1. The minimum absolute atomic E-state index is 0.217. The van der Waals surface area contributed by atoms with Crippen molar-refractivity contribution in [2.75, 3.05) is 10.6 Å². The van der Waals surface area contributed by atoms with Crippen molar-refractivity contribution in [2.45, 2.75) is 12.7 Å². The molecule has 0 bridgehead atoms. The number of nitrogens with zero attached hydrogens (tertiary/aromatic N) is 1. The van der Waals surface area contributed by atoms with Gasteiger partial charge in [0, 0.05) is 30.3 Å². The van der Waals surface area contributed by atoms with Crippen LogP contribution in [0.1, 0.15) is 21.5 Å². The highest BCUT2D eigenvalue weighted by molar-refractivity contribution is 6.08. The Morgan fingerprint density at radius 1 is 1.00 bits per heavy atom. The molecule has 2 N–H and O–H groups in total. The number of para-hydroxylation sites is 1. The zero-order chi connectivity index (χ0) is 20.1. The lowest BCUT2D eigenvalue weighted by Crippen LogP contribution is -2.16. The molecule has 0 atom stereocenters. The minimum atomic E-state index is -4.72. The normalized spacial score (nSPS) is 11.1. The molecule has 0 aliphatic heterocycles. The summed E-state index contributed by atoms with van der Waals surface area (Å²) in [6.45, 7) is 0.422. The third-order valence-electron chi connectivity index (χ3n) is 3.89. The van der Waals surface area contributed by atoms with E-state index in [2.05, 4.69) is 15.6 Å². The van der Waals surface area contributed by atoms with E-state index in [1.54, 1.807) is 42.7 Å². The molecule has 3 rings (SSSR count). The van der Waals surface area contributed by atoms with Crippen molar-refractivity contribution in [3.8, 4) is 0 Å². The van der Waals surface area contributed by atoms with Crippen molar-refractivity contribution in [3.05, 3.63) is 89.5 Å². The van der Waals surface area contributed by atoms with Gasteiger partial charge in [0.05, 0.1) is 11.1 Å². The van der Waals surface area contributed by atoms with Crippen LogP contribution >= 0.6 is 0 Å². The van der Waals surface area contributed by atoms with Gasteiger partial charge in [0.1, 0.15) is 5.82 Å². The Balaban J connectivity index is 1.79. The first kappa shape index (κ1) is 19.3. The fraction of sp³-hybridized carbons (Fsp3) is 0.100. The summed E-state index contributed by atoms with van der Waals surface area (Å²) in [7, 11) is 0. The molecule has 0 saturated carbocycles. The molecule has 0 fully saturated rings. The van der Waals surface area contributed by atoms with Crippen molar-refractivity contribution < 1.29 is 22.4 Å². The van der Waals surface area contributed by atoms with E-state index in [4.69, 9.17) is 0 Å². The molecule has 8 heteroatoms. The van der Waals surface area contributed by atoms with Gasteiger partial charge in [-0.2, -0.15) is 13.2 Å². The van der Waals surface area contributed by atoms with E-state index < -0.39 is 23.5 Å². The maximum Gasteiger partial charge on any atom is 0.416 e. The molecule has 3 aromatic rings. The zero-order valence-electron chi connectivity index (χ0n) is 14.4. The second-order valence-corrected chi connectivity index (χ2v) is 5.94. The zero-order valence-corrected chi connectivity index (χ0v) is 14.4. The molecule has 4 nitrogen and oxygen atoms in total. The molecule has 0 aliphatic rings. The Kier molecular flexibility index (Phi) is 5.58. The van der Waals surface area contributed by atoms with Gasteiger partial charge in [-0.1, -0.05) is 12.1 Å². The van der Waals surface area contributed by atoms with E-state index in [1.807, 2.05) is 0 Å². The first-order chi connectivity index (χ1) is 13.3. The molecule has 1 heterocycles. The van der Waals surface area contributed by atoms with Gasteiger partial charge in [-0.15, -0.1) is 0 Å². The molecule has 144 valence electrons. The van der Waals surface area contributed by atoms with Gasteiger partial charge in [-0.3, -0.25) is 9.78 Å². The summed E-state index contributed by atoms with van der Waals surface area (Å²) in [6, 6.07) is 12.0.